The van der Waals surface area contributed by atoms with Crippen LogP contribution in [0.1, 0.15) is 101 Å². The minimum atomic E-state index is -1.43. The van der Waals surface area contributed by atoms with E-state index in [2.05, 4.69) is 0 Å². The summed E-state index contributed by atoms with van der Waals surface area (Å²) < 4.78 is 26.5. The first-order chi connectivity index (χ1) is 21.0. The molecule has 1 aliphatic heterocycles. The average Bonchev–Trinajstić information content (AvgIpc) is 3.37. The summed E-state index contributed by atoms with van der Waals surface area (Å²) in [7, 11) is 1.46. The number of aliphatic hydroxyl groups is 1. The number of rotatable bonds is 8. The number of hydrogen-bond acceptors (Lipinski definition) is 7. The summed E-state index contributed by atoms with van der Waals surface area (Å²) in [6, 6.07) is 3.10. The molecule has 2 aliphatic rings. The third kappa shape index (κ3) is 7.78. The molecule has 0 saturated heterocycles. The number of aromatic nitrogens is 2. The van der Waals surface area contributed by atoms with Gasteiger partial charge in [-0.25, -0.2) is 9.37 Å². The molecule has 242 valence electrons. The number of ether oxygens (including phenoxy) is 2. The Morgan fingerprint density at radius 1 is 1.14 bits per heavy atom. The van der Waals surface area contributed by atoms with Crippen molar-refractivity contribution < 1.29 is 28.6 Å². The number of aliphatic hydroxyl groups excluding tert-OH is 1. The molecule has 0 saturated carbocycles. The molecule has 1 amide bonds. The number of carbonyl (C=O) groups is 2. The van der Waals surface area contributed by atoms with Gasteiger partial charge in [-0.05, 0) is 69.7 Å². The number of aldehydes is 1. The lowest BCUT2D eigenvalue weighted by Gasteiger charge is -2.21. The smallest absolute Gasteiger partial charge is 0.257 e. The van der Waals surface area contributed by atoms with Gasteiger partial charge in [-0.1, -0.05) is 27.7 Å². The van der Waals surface area contributed by atoms with Crippen LogP contribution in [0.15, 0.2) is 16.9 Å². The van der Waals surface area contributed by atoms with E-state index in [-0.39, 0.29) is 47.2 Å². The minimum Gasteiger partial charge on any atom is -0.381 e. The van der Waals surface area contributed by atoms with Crippen LogP contribution < -0.4 is 11.3 Å². The fraction of sp³-hybridized carbons (Fsp3) is 0.529. The lowest BCUT2D eigenvalue weighted by molar-refractivity contribution is -0.121. The van der Waals surface area contributed by atoms with Crippen molar-refractivity contribution in [1.82, 2.24) is 9.55 Å². The SMILES string of the molecule is CC.CC.CC(C)OC(C)CC(N)=O.COCc1c(C(O)C=O)cc2n(c1=O)Cc1c-2nc2cc(F)c(C)c3c2c1CCC3. The Kier molecular flexibility index (Phi) is 13.8. The van der Waals surface area contributed by atoms with Crippen LogP contribution in [0, 0.1) is 12.7 Å². The van der Waals surface area contributed by atoms with Crippen molar-refractivity contribution in [3.8, 4) is 11.4 Å². The van der Waals surface area contributed by atoms with E-state index in [0.717, 1.165) is 41.3 Å². The predicted octanol–water partition coefficient (Wildman–Crippen LogP) is 5.47. The fourth-order valence-electron chi connectivity index (χ4n) is 5.75. The number of halogens is 1. The van der Waals surface area contributed by atoms with Crippen molar-refractivity contribution >= 4 is 23.1 Å². The molecular weight excluding hydrogens is 565 g/mol. The van der Waals surface area contributed by atoms with Gasteiger partial charge in [0.25, 0.3) is 5.56 Å². The molecule has 1 aliphatic carbocycles. The number of fused-ring (bicyclic) bond motifs is 4. The van der Waals surface area contributed by atoms with Gasteiger partial charge >= 0.3 is 0 Å². The number of primary amides is 1. The summed E-state index contributed by atoms with van der Waals surface area (Å²) in [5, 5.41) is 11.2. The number of hydrogen-bond donors (Lipinski definition) is 2. The van der Waals surface area contributed by atoms with E-state index >= 15 is 0 Å². The van der Waals surface area contributed by atoms with Gasteiger partial charge in [0, 0.05) is 35.3 Å². The summed E-state index contributed by atoms with van der Waals surface area (Å²) in [6.07, 6.45) is 1.94. The van der Waals surface area contributed by atoms with Gasteiger partial charge in [0.15, 0.2) is 6.29 Å². The van der Waals surface area contributed by atoms with Crippen molar-refractivity contribution in [2.24, 2.45) is 5.73 Å². The maximum Gasteiger partial charge on any atom is 0.257 e. The molecule has 9 nitrogen and oxygen atoms in total. The van der Waals surface area contributed by atoms with Gasteiger partial charge < -0.3 is 29.7 Å². The molecular formula is C34H48FN3O6. The molecule has 3 heterocycles. The Bertz CT molecular complexity index is 1530. The first-order valence-corrected chi connectivity index (χ1v) is 15.4. The van der Waals surface area contributed by atoms with Gasteiger partial charge in [-0.3, -0.25) is 9.59 Å². The number of nitrogens with zero attached hydrogens (tertiary/aromatic N) is 2. The second-order valence-corrected chi connectivity index (χ2v) is 10.7. The highest BCUT2D eigenvalue weighted by atomic mass is 19.1. The van der Waals surface area contributed by atoms with E-state index in [1.807, 2.05) is 48.5 Å². The first kappa shape index (κ1) is 36.7. The van der Waals surface area contributed by atoms with Crippen LogP contribution in [0.4, 0.5) is 4.39 Å². The van der Waals surface area contributed by atoms with E-state index < -0.39 is 6.10 Å². The van der Waals surface area contributed by atoms with E-state index in [4.69, 9.17) is 20.2 Å². The van der Waals surface area contributed by atoms with Crippen molar-refractivity contribution in [3.05, 3.63) is 61.7 Å². The summed E-state index contributed by atoms with van der Waals surface area (Å²) >= 11 is 0. The van der Waals surface area contributed by atoms with Gasteiger partial charge in [-0.2, -0.15) is 0 Å². The van der Waals surface area contributed by atoms with Crippen molar-refractivity contribution in [2.75, 3.05) is 7.11 Å². The highest BCUT2D eigenvalue weighted by molar-refractivity contribution is 5.92. The topological polar surface area (TPSA) is 134 Å². The number of amides is 1. The summed E-state index contributed by atoms with van der Waals surface area (Å²) in [5.74, 6) is -0.589. The number of nitrogens with two attached hydrogens (primary N) is 1. The molecule has 2 unspecified atom stereocenters. The van der Waals surface area contributed by atoms with Gasteiger partial charge in [0.2, 0.25) is 5.91 Å². The van der Waals surface area contributed by atoms with Gasteiger partial charge in [0.1, 0.15) is 11.9 Å². The summed E-state index contributed by atoms with van der Waals surface area (Å²) in [5.41, 5.74) is 10.6. The molecule has 2 aromatic heterocycles. The third-order valence-electron chi connectivity index (χ3n) is 7.39. The number of benzene rings is 1. The van der Waals surface area contributed by atoms with Crippen molar-refractivity contribution in [1.29, 1.82) is 0 Å². The molecule has 0 fully saturated rings. The minimum absolute atomic E-state index is 0.00743. The molecule has 2 atom stereocenters. The van der Waals surface area contributed by atoms with Crippen LogP contribution in [-0.2, 0) is 45.1 Å². The zero-order valence-corrected chi connectivity index (χ0v) is 27.5. The maximum atomic E-state index is 14.5. The molecule has 0 bridgehead atoms. The Balaban J connectivity index is 0.000000411. The average molecular weight is 614 g/mol. The van der Waals surface area contributed by atoms with E-state index in [9.17, 15) is 23.9 Å². The second kappa shape index (κ2) is 16.6. The fourth-order valence-corrected chi connectivity index (χ4v) is 5.75. The standard InChI is InChI=1S/C23H21FN2O4.C7H15NO2.2C2H6/c1-11-12-4-3-5-13-15-8-26-19(22(15)25-18(21(12)13)7-17(11)24)6-14(20(28)9-27)16(10-30-2)23(26)29;1-5(2)10-6(3)4-7(8)9;2*1-2/h6-7,9,20,28H,3-5,8,10H2,1-2H3;5-6H,4H2,1-3H3,(H2,8,9);2*1-2H3. The number of methoxy groups -OCH3 is 1. The van der Waals surface area contributed by atoms with Crippen LogP contribution in [0.2, 0.25) is 0 Å². The monoisotopic (exact) mass is 613 g/mol. The van der Waals surface area contributed by atoms with Gasteiger partial charge in [0.05, 0.1) is 48.7 Å². The Morgan fingerprint density at radius 3 is 2.34 bits per heavy atom. The van der Waals surface area contributed by atoms with Crippen LogP contribution in [0.3, 0.4) is 0 Å². The van der Waals surface area contributed by atoms with Crippen LogP contribution >= 0.6 is 0 Å². The molecule has 0 spiro atoms. The zero-order chi connectivity index (χ0) is 33.3. The summed E-state index contributed by atoms with van der Waals surface area (Å²) in [4.78, 5) is 39.5. The molecule has 1 aromatic carbocycles. The Morgan fingerprint density at radius 2 is 1.77 bits per heavy atom. The van der Waals surface area contributed by atoms with Crippen molar-refractivity contribution in [3.63, 3.8) is 0 Å². The van der Waals surface area contributed by atoms with E-state index in [1.54, 1.807) is 17.6 Å². The maximum absolute atomic E-state index is 14.5. The second-order valence-electron chi connectivity index (χ2n) is 10.7. The molecule has 10 heteroatoms. The Labute approximate surface area is 259 Å². The van der Waals surface area contributed by atoms with Crippen LogP contribution in [0.5, 0.6) is 0 Å². The molecule has 3 aromatic rings. The van der Waals surface area contributed by atoms with Gasteiger partial charge in [-0.15, -0.1) is 0 Å². The first-order valence-electron chi connectivity index (χ1n) is 15.4. The normalized spacial score (nSPS) is 13.7. The molecule has 44 heavy (non-hydrogen) atoms. The van der Waals surface area contributed by atoms with Crippen molar-refractivity contribution in [2.45, 2.75) is 113 Å². The highest BCUT2D eigenvalue weighted by Gasteiger charge is 2.31. The number of aryl methyl sites for hydroxylation is 2. The lowest BCUT2D eigenvalue weighted by Crippen LogP contribution is -2.26. The largest absolute Gasteiger partial charge is 0.381 e. The predicted molar refractivity (Wildman–Crippen MR) is 171 cm³/mol. The molecule has 3 N–H and O–H groups in total. The zero-order valence-electron chi connectivity index (χ0n) is 27.5. The quantitative estimate of drug-likeness (QED) is 0.252. The third-order valence-corrected chi connectivity index (χ3v) is 7.39. The molecule has 5 rings (SSSR count). The van der Waals surface area contributed by atoms with E-state index in [1.165, 1.54) is 13.2 Å². The lowest BCUT2D eigenvalue weighted by atomic mass is 9.85. The summed E-state index contributed by atoms with van der Waals surface area (Å²) in [6.45, 7) is 15.9. The highest BCUT2D eigenvalue weighted by Crippen LogP contribution is 2.41. The Hall–Kier alpha value is -3.47. The number of carbonyl (C=O) groups excluding carboxylic acids is 2. The number of pyridine rings is 2. The van der Waals surface area contributed by atoms with Crippen LogP contribution in [0.25, 0.3) is 22.3 Å². The van der Waals surface area contributed by atoms with Crippen LogP contribution in [-0.4, -0.2) is 46.2 Å². The van der Waals surface area contributed by atoms with E-state index in [0.29, 0.717) is 41.7 Å². The molecule has 0 radical (unpaired) electrons.